The number of carbonyl (C=O) groups is 1. The number of rotatable bonds is 4. The number of carbonyl (C=O) groups excluding carboxylic acids is 1. The molecule has 0 aliphatic rings. The molecule has 0 aliphatic carbocycles. The molecule has 92 valence electrons. The minimum absolute atomic E-state index is 0.0563. The monoisotopic (exact) mass is 239 g/mol. The van der Waals surface area contributed by atoms with E-state index in [2.05, 4.69) is 18.3 Å². The van der Waals surface area contributed by atoms with Crippen molar-refractivity contribution in [1.29, 1.82) is 0 Å². The van der Waals surface area contributed by atoms with Crippen molar-refractivity contribution in [3.63, 3.8) is 0 Å². The van der Waals surface area contributed by atoms with E-state index in [1.807, 2.05) is 48.5 Å². The molecule has 0 heterocycles. The maximum absolute atomic E-state index is 12.1. The van der Waals surface area contributed by atoms with Crippen LogP contribution in [0.4, 0.5) is 5.69 Å². The molecule has 0 saturated carbocycles. The van der Waals surface area contributed by atoms with E-state index in [1.165, 1.54) is 5.56 Å². The molecular formula is C16H17NO. The van der Waals surface area contributed by atoms with Crippen molar-refractivity contribution in [2.75, 3.05) is 5.32 Å². The normalized spacial score (nSPS) is 10.1. The van der Waals surface area contributed by atoms with Gasteiger partial charge in [0.05, 0.1) is 0 Å². The minimum Gasteiger partial charge on any atom is -0.322 e. The van der Waals surface area contributed by atoms with Gasteiger partial charge in [-0.1, -0.05) is 49.7 Å². The van der Waals surface area contributed by atoms with Gasteiger partial charge in [-0.3, -0.25) is 4.79 Å². The molecule has 1 amide bonds. The largest absolute Gasteiger partial charge is 0.322 e. The van der Waals surface area contributed by atoms with Crippen LogP contribution in [-0.2, 0) is 6.42 Å². The molecule has 2 nitrogen and oxygen atoms in total. The van der Waals surface area contributed by atoms with Crippen LogP contribution in [0.5, 0.6) is 0 Å². The summed E-state index contributed by atoms with van der Waals surface area (Å²) >= 11 is 0. The first-order valence-corrected chi connectivity index (χ1v) is 6.25. The number of hydrogen-bond acceptors (Lipinski definition) is 1. The molecule has 0 unspecified atom stereocenters. The van der Waals surface area contributed by atoms with Gasteiger partial charge in [0, 0.05) is 11.3 Å². The topological polar surface area (TPSA) is 29.1 Å². The highest BCUT2D eigenvalue weighted by atomic mass is 16.1. The molecule has 0 radical (unpaired) electrons. The lowest BCUT2D eigenvalue weighted by Gasteiger charge is -2.10. The van der Waals surface area contributed by atoms with Crippen LogP contribution in [0.3, 0.4) is 0 Å². The second-order valence-electron chi connectivity index (χ2n) is 4.23. The fourth-order valence-corrected chi connectivity index (χ4v) is 1.91. The van der Waals surface area contributed by atoms with Gasteiger partial charge in [0.1, 0.15) is 0 Å². The van der Waals surface area contributed by atoms with Gasteiger partial charge in [-0.15, -0.1) is 0 Å². The Hall–Kier alpha value is -2.09. The summed E-state index contributed by atoms with van der Waals surface area (Å²) in [5.74, 6) is -0.0563. The number of aryl methyl sites for hydroxylation is 1. The summed E-state index contributed by atoms with van der Waals surface area (Å²) in [7, 11) is 0. The van der Waals surface area contributed by atoms with Crippen LogP contribution in [0.2, 0.25) is 0 Å². The van der Waals surface area contributed by atoms with Crippen LogP contribution in [0.25, 0.3) is 0 Å². The van der Waals surface area contributed by atoms with Gasteiger partial charge < -0.3 is 5.32 Å². The highest BCUT2D eigenvalue weighted by molar-refractivity contribution is 6.04. The number of para-hydroxylation sites is 1. The molecule has 0 aromatic heterocycles. The number of anilines is 1. The van der Waals surface area contributed by atoms with E-state index in [0.29, 0.717) is 5.56 Å². The molecule has 1 N–H and O–H groups in total. The van der Waals surface area contributed by atoms with Gasteiger partial charge in [-0.2, -0.15) is 0 Å². The first-order valence-electron chi connectivity index (χ1n) is 6.25. The molecule has 0 aliphatic heterocycles. The highest BCUT2D eigenvalue weighted by Gasteiger charge is 2.07. The molecule has 0 bridgehead atoms. The second kappa shape index (κ2) is 6.01. The lowest BCUT2D eigenvalue weighted by atomic mass is 10.1. The third-order valence-electron chi connectivity index (χ3n) is 2.82. The number of nitrogens with one attached hydrogen (secondary N) is 1. The molecular weight excluding hydrogens is 222 g/mol. The molecule has 0 fully saturated rings. The van der Waals surface area contributed by atoms with Crippen LogP contribution in [-0.4, -0.2) is 5.91 Å². The van der Waals surface area contributed by atoms with Crippen molar-refractivity contribution >= 4 is 11.6 Å². The predicted molar refractivity (Wildman–Crippen MR) is 74.8 cm³/mol. The molecule has 0 atom stereocenters. The van der Waals surface area contributed by atoms with Crippen molar-refractivity contribution in [2.45, 2.75) is 19.8 Å². The standard InChI is InChI=1S/C16H17NO/c1-2-8-13-9-6-7-12-15(13)17-16(18)14-10-4-3-5-11-14/h3-7,9-12H,2,8H2,1H3,(H,17,18). The molecule has 18 heavy (non-hydrogen) atoms. The van der Waals surface area contributed by atoms with Crippen molar-refractivity contribution < 1.29 is 4.79 Å². The summed E-state index contributed by atoms with van der Waals surface area (Å²) in [4.78, 5) is 12.1. The Kier molecular flexibility index (Phi) is 4.13. The average molecular weight is 239 g/mol. The Labute approximate surface area is 108 Å². The Morgan fingerprint density at radius 1 is 1.00 bits per heavy atom. The van der Waals surface area contributed by atoms with E-state index >= 15 is 0 Å². The molecule has 2 aromatic rings. The van der Waals surface area contributed by atoms with Gasteiger partial charge in [0.2, 0.25) is 0 Å². The summed E-state index contributed by atoms with van der Waals surface area (Å²) in [6.45, 7) is 2.13. The van der Waals surface area contributed by atoms with Gasteiger partial charge in [-0.05, 0) is 30.2 Å². The van der Waals surface area contributed by atoms with Crippen molar-refractivity contribution in [3.05, 3.63) is 65.7 Å². The Morgan fingerprint density at radius 3 is 2.39 bits per heavy atom. The molecule has 0 spiro atoms. The van der Waals surface area contributed by atoms with Crippen LogP contribution >= 0.6 is 0 Å². The zero-order valence-electron chi connectivity index (χ0n) is 10.5. The minimum atomic E-state index is -0.0563. The van der Waals surface area contributed by atoms with E-state index in [4.69, 9.17) is 0 Å². The first-order chi connectivity index (χ1) is 8.81. The predicted octanol–water partition coefficient (Wildman–Crippen LogP) is 3.89. The van der Waals surface area contributed by atoms with Crippen LogP contribution in [0.15, 0.2) is 54.6 Å². The summed E-state index contributed by atoms with van der Waals surface area (Å²) in [6.07, 6.45) is 2.05. The third kappa shape index (κ3) is 2.98. The maximum Gasteiger partial charge on any atom is 0.255 e. The summed E-state index contributed by atoms with van der Waals surface area (Å²) in [5, 5.41) is 2.97. The van der Waals surface area contributed by atoms with E-state index in [9.17, 15) is 4.79 Å². The summed E-state index contributed by atoms with van der Waals surface area (Å²) < 4.78 is 0. The summed E-state index contributed by atoms with van der Waals surface area (Å²) in [5.41, 5.74) is 2.78. The number of hydrogen-bond donors (Lipinski definition) is 1. The van der Waals surface area contributed by atoms with Gasteiger partial charge in [-0.25, -0.2) is 0 Å². The first kappa shape index (κ1) is 12.4. The number of amides is 1. The Balaban J connectivity index is 2.17. The Bertz CT molecular complexity index is 520. The van der Waals surface area contributed by atoms with Crippen LogP contribution in [0.1, 0.15) is 29.3 Å². The van der Waals surface area contributed by atoms with Crippen LogP contribution in [0, 0.1) is 0 Å². The van der Waals surface area contributed by atoms with E-state index in [0.717, 1.165) is 18.5 Å². The average Bonchev–Trinajstić information content (AvgIpc) is 2.42. The highest BCUT2D eigenvalue weighted by Crippen LogP contribution is 2.17. The lowest BCUT2D eigenvalue weighted by molar-refractivity contribution is 0.102. The van der Waals surface area contributed by atoms with Gasteiger partial charge in [0.15, 0.2) is 0 Å². The smallest absolute Gasteiger partial charge is 0.255 e. The quantitative estimate of drug-likeness (QED) is 0.861. The molecule has 2 heteroatoms. The zero-order valence-corrected chi connectivity index (χ0v) is 10.5. The van der Waals surface area contributed by atoms with E-state index < -0.39 is 0 Å². The zero-order chi connectivity index (χ0) is 12.8. The number of benzene rings is 2. The molecule has 2 rings (SSSR count). The lowest BCUT2D eigenvalue weighted by Crippen LogP contribution is -2.13. The van der Waals surface area contributed by atoms with Crippen molar-refractivity contribution in [3.8, 4) is 0 Å². The van der Waals surface area contributed by atoms with Crippen LogP contribution < -0.4 is 5.32 Å². The SMILES string of the molecule is CCCc1ccccc1NC(=O)c1ccccc1. The summed E-state index contributed by atoms with van der Waals surface area (Å²) in [6, 6.07) is 17.2. The van der Waals surface area contributed by atoms with Crippen molar-refractivity contribution in [1.82, 2.24) is 0 Å². The van der Waals surface area contributed by atoms with Gasteiger partial charge in [0.25, 0.3) is 5.91 Å². The fourth-order valence-electron chi connectivity index (χ4n) is 1.91. The van der Waals surface area contributed by atoms with Gasteiger partial charge >= 0.3 is 0 Å². The Morgan fingerprint density at radius 2 is 1.67 bits per heavy atom. The maximum atomic E-state index is 12.1. The second-order valence-corrected chi connectivity index (χ2v) is 4.23. The van der Waals surface area contributed by atoms with Crippen molar-refractivity contribution in [2.24, 2.45) is 0 Å². The third-order valence-corrected chi connectivity index (χ3v) is 2.82. The fraction of sp³-hybridized carbons (Fsp3) is 0.188. The van der Waals surface area contributed by atoms with E-state index in [1.54, 1.807) is 0 Å². The van der Waals surface area contributed by atoms with E-state index in [-0.39, 0.29) is 5.91 Å². The molecule has 0 saturated heterocycles. The molecule has 2 aromatic carbocycles.